The molecule has 10 heteroatoms. The molecular weight excluding hydrogens is 340 g/mol. The Hall–Kier alpha value is -2.85. The van der Waals surface area contributed by atoms with E-state index >= 15 is 0 Å². The van der Waals surface area contributed by atoms with Crippen LogP contribution in [0.2, 0.25) is 0 Å². The summed E-state index contributed by atoms with van der Waals surface area (Å²) in [6.07, 6.45) is 0.483. The van der Waals surface area contributed by atoms with Crippen LogP contribution >= 0.6 is 0 Å². The Labute approximate surface area is 136 Å². The molecule has 24 heavy (non-hydrogen) atoms. The summed E-state index contributed by atoms with van der Waals surface area (Å²) in [6.45, 7) is 0. The molecule has 0 aromatic heterocycles. The molecule has 0 aliphatic heterocycles. The van der Waals surface area contributed by atoms with E-state index in [1.165, 1.54) is 24.3 Å². The monoisotopic (exact) mass is 352 g/mol. The van der Waals surface area contributed by atoms with E-state index < -0.39 is 20.0 Å². The summed E-state index contributed by atoms with van der Waals surface area (Å²) >= 11 is 0. The van der Waals surface area contributed by atoms with Gasteiger partial charge < -0.3 is 0 Å². The van der Waals surface area contributed by atoms with E-state index in [-0.39, 0.29) is 28.3 Å². The van der Waals surface area contributed by atoms with Crippen LogP contribution in [0.5, 0.6) is 0 Å². The molecule has 9 nitrogen and oxygen atoms in total. The van der Waals surface area contributed by atoms with Gasteiger partial charge in [0.15, 0.2) is 0 Å². The number of nitro benzene ring substituents is 2. The van der Waals surface area contributed by atoms with Crippen molar-refractivity contribution in [3.8, 4) is 0 Å². The van der Waals surface area contributed by atoms with Crippen LogP contribution in [-0.4, -0.2) is 22.8 Å². The molecule has 1 N–H and O–H groups in total. The molecule has 0 aliphatic carbocycles. The van der Waals surface area contributed by atoms with Crippen molar-refractivity contribution in [2.24, 2.45) is 0 Å². The van der Waals surface area contributed by atoms with E-state index in [0.717, 1.165) is 18.2 Å². The van der Waals surface area contributed by atoms with Crippen molar-refractivity contribution < 1.29 is 22.8 Å². The van der Waals surface area contributed by atoms with Gasteiger partial charge in [-0.15, -0.1) is 0 Å². The fraction of sp³-hybridized carbons (Fsp3) is 0.143. The molecule has 0 aliphatic rings. The van der Waals surface area contributed by atoms with Crippen molar-refractivity contribution >= 4 is 21.5 Å². The quantitative estimate of drug-likeness (QED) is 0.478. The lowest BCUT2D eigenvalue weighted by atomic mass is 10.0. The van der Waals surface area contributed by atoms with Crippen molar-refractivity contribution in [3.63, 3.8) is 0 Å². The molecule has 0 amide bonds. The Kier molecular flexibility index (Phi) is 4.90. The molecule has 0 atom stereocenters. The highest BCUT2D eigenvalue weighted by Crippen LogP contribution is 2.25. The smallest absolute Gasteiger partial charge is 0.282 e. The minimum absolute atomic E-state index is 0.170. The van der Waals surface area contributed by atoms with E-state index in [2.05, 4.69) is 0 Å². The van der Waals surface area contributed by atoms with E-state index in [1.54, 1.807) is 0 Å². The zero-order valence-electron chi connectivity index (χ0n) is 12.2. The van der Waals surface area contributed by atoms with E-state index in [9.17, 15) is 28.6 Å². The van der Waals surface area contributed by atoms with Gasteiger partial charge >= 0.3 is 0 Å². The number of rotatable bonds is 6. The maximum Gasteiger partial charge on any atom is 0.294 e. The second-order valence-electron chi connectivity index (χ2n) is 4.95. The summed E-state index contributed by atoms with van der Waals surface area (Å²) in [6, 6.07) is 8.68. The average Bonchev–Trinajstić information content (AvgIpc) is 2.52. The molecular formula is C14H12N2O7S. The van der Waals surface area contributed by atoms with E-state index in [1.807, 2.05) is 0 Å². The number of aryl methyl sites for hydroxylation is 2. The average molecular weight is 352 g/mol. The van der Waals surface area contributed by atoms with Gasteiger partial charge in [0.1, 0.15) is 0 Å². The second kappa shape index (κ2) is 6.72. The Morgan fingerprint density at radius 2 is 1.54 bits per heavy atom. The molecule has 0 fully saturated rings. The van der Waals surface area contributed by atoms with Gasteiger partial charge in [-0.05, 0) is 30.5 Å². The van der Waals surface area contributed by atoms with Crippen molar-refractivity contribution in [1.29, 1.82) is 0 Å². The predicted molar refractivity (Wildman–Crippen MR) is 83.4 cm³/mol. The summed E-state index contributed by atoms with van der Waals surface area (Å²) in [5, 5.41) is 21.8. The highest BCUT2D eigenvalue weighted by molar-refractivity contribution is 7.85. The fourth-order valence-corrected chi connectivity index (χ4v) is 2.65. The van der Waals surface area contributed by atoms with Crippen LogP contribution < -0.4 is 0 Å². The third-order valence-corrected chi connectivity index (χ3v) is 4.24. The molecule has 2 aromatic rings. The number of hydrogen-bond acceptors (Lipinski definition) is 6. The van der Waals surface area contributed by atoms with Crippen molar-refractivity contribution in [3.05, 3.63) is 73.8 Å². The molecule has 0 spiro atoms. The van der Waals surface area contributed by atoms with Gasteiger partial charge in [-0.3, -0.25) is 24.8 Å². The molecule has 2 rings (SSSR count). The van der Waals surface area contributed by atoms with Crippen LogP contribution in [0.3, 0.4) is 0 Å². The number of non-ortho nitro benzene ring substituents is 1. The van der Waals surface area contributed by atoms with Crippen molar-refractivity contribution in [1.82, 2.24) is 0 Å². The summed E-state index contributed by atoms with van der Waals surface area (Å²) < 4.78 is 30.8. The maximum atomic E-state index is 11.0. The summed E-state index contributed by atoms with van der Waals surface area (Å²) in [4.78, 5) is 20.3. The maximum absolute atomic E-state index is 11.0. The third-order valence-electron chi connectivity index (χ3n) is 3.37. The topological polar surface area (TPSA) is 141 Å². The first-order chi connectivity index (χ1) is 11.2. The predicted octanol–water partition coefficient (Wildman–Crippen LogP) is 2.53. The summed E-state index contributed by atoms with van der Waals surface area (Å²) in [7, 11) is -4.28. The third kappa shape index (κ3) is 4.12. The lowest BCUT2D eigenvalue weighted by molar-refractivity contribution is -0.389. The highest BCUT2D eigenvalue weighted by Gasteiger charge is 2.18. The fourth-order valence-electron chi connectivity index (χ4n) is 2.17. The minimum atomic E-state index is -4.28. The van der Waals surface area contributed by atoms with Crippen LogP contribution in [0.25, 0.3) is 0 Å². The number of benzene rings is 2. The zero-order valence-corrected chi connectivity index (χ0v) is 13.0. The molecule has 0 unspecified atom stereocenters. The van der Waals surface area contributed by atoms with Crippen LogP contribution in [0, 0.1) is 20.2 Å². The Balaban J connectivity index is 2.23. The van der Waals surface area contributed by atoms with Crippen LogP contribution in [0.15, 0.2) is 47.4 Å². The Morgan fingerprint density at radius 3 is 2.04 bits per heavy atom. The number of hydrogen-bond donors (Lipinski definition) is 1. The van der Waals surface area contributed by atoms with Gasteiger partial charge in [0.2, 0.25) is 0 Å². The Morgan fingerprint density at radius 1 is 0.917 bits per heavy atom. The zero-order chi connectivity index (χ0) is 17.9. The molecule has 0 saturated carbocycles. The molecule has 2 aromatic carbocycles. The van der Waals surface area contributed by atoms with Crippen LogP contribution in [0.4, 0.5) is 11.4 Å². The van der Waals surface area contributed by atoms with Gasteiger partial charge in [-0.1, -0.05) is 12.1 Å². The highest BCUT2D eigenvalue weighted by atomic mass is 32.2. The normalized spacial score (nSPS) is 11.2. The lowest BCUT2D eigenvalue weighted by Crippen LogP contribution is -2.01. The second-order valence-corrected chi connectivity index (χ2v) is 6.37. The first-order valence-electron chi connectivity index (χ1n) is 6.66. The largest absolute Gasteiger partial charge is 0.294 e. The first-order valence-corrected chi connectivity index (χ1v) is 8.10. The van der Waals surface area contributed by atoms with E-state index in [4.69, 9.17) is 4.55 Å². The first kappa shape index (κ1) is 17.5. The van der Waals surface area contributed by atoms with Crippen molar-refractivity contribution in [2.75, 3.05) is 0 Å². The number of nitrogens with zero attached hydrogens (tertiary/aromatic N) is 2. The van der Waals surface area contributed by atoms with Gasteiger partial charge in [0, 0.05) is 23.8 Å². The Bertz CT molecular complexity index is 892. The molecule has 0 heterocycles. The van der Waals surface area contributed by atoms with Gasteiger partial charge in [-0.2, -0.15) is 8.42 Å². The molecule has 0 radical (unpaired) electrons. The van der Waals surface area contributed by atoms with Crippen LogP contribution in [-0.2, 0) is 23.0 Å². The number of nitro groups is 2. The molecule has 0 saturated heterocycles. The minimum Gasteiger partial charge on any atom is -0.282 e. The lowest BCUT2D eigenvalue weighted by Gasteiger charge is -2.05. The van der Waals surface area contributed by atoms with Crippen LogP contribution in [0.1, 0.15) is 11.1 Å². The summed E-state index contributed by atoms with van der Waals surface area (Å²) in [5.74, 6) is 0. The molecule has 126 valence electrons. The van der Waals surface area contributed by atoms with Gasteiger partial charge in [-0.25, -0.2) is 0 Å². The summed E-state index contributed by atoms with van der Waals surface area (Å²) in [5.41, 5.74) is 0.434. The standard InChI is InChI=1S/C14H12N2O7S/c17-15(18)12-5-8-14(16(19)20)11(9-12)4-1-10-2-6-13(7-3-10)24(21,22)23/h2-3,5-9H,1,4H2,(H,21,22,23). The van der Waals surface area contributed by atoms with Gasteiger partial charge in [0.25, 0.3) is 21.5 Å². The molecule has 0 bridgehead atoms. The van der Waals surface area contributed by atoms with Gasteiger partial charge in [0.05, 0.1) is 14.7 Å². The van der Waals surface area contributed by atoms with Crippen molar-refractivity contribution in [2.45, 2.75) is 17.7 Å². The van der Waals surface area contributed by atoms with E-state index in [0.29, 0.717) is 12.0 Å². The SMILES string of the molecule is O=[N+]([O-])c1ccc([N+](=O)[O-])c(CCc2ccc(S(=O)(=O)O)cc2)c1.